The molecule has 1 aliphatic carbocycles. The Bertz CT molecular complexity index is 336. The average molecular weight is 223 g/mol. The van der Waals surface area contributed by atoms with Gasteiger partial charge in [-0.3, -0.25) is 4.79 Å². The van der Waals surface area contributed by atoms with Gasteiger partial charge in [0, 0.05) is 0 Å². The van der Waals surface area contributed by atoms with E-state index in [1.165, 1.54) is 6.07 Å². The van der Waals surface area contributed by atoms with Crippen LogP contribution in [-0.4, -0.2) is 17.1 Å². The van der Waals surface area contributed by atoms with Gasteiger partial charge in [-0.15, -0.1) is 22.9 Å². The summed E-state index contributed by atoms with van der Waals surface area (Å²) in [6.45, 7) is 0. The fourth-order valence-electron chi connectivity index (χ4n) is 1.17. The van der Waals surface area contributed by atoms with Crippen LogP contribution in [0, 0.1) is 5.92 Å². The Morgan fingerprint density at radius 1 is 1.62 bits per heavy atom. The van der Waals surface area contributed by atoms with E-state index in [-0.39, 0.29) is 0 Å². The molecule has 1 fully saturated rings. The first-order chi connectivity index (χ1) is 6.05. The minimum atomic E-state index is -3.01. The van der Waals surface area contributed by atoms with Crippen molar-refractivity contribution in [2.75, 3.05) is 0 Å². The highest BCUT2D eigenvalue weighted by molar-refractivity contribution is 7.12. The second kappa shape index (κ2) is 2.75. The largest absolute Gasteiger partial charge is 0.293 e. The summed E-state index contributed by atoms with van der Waals surface area (Å²) in [7, 11) is 0. The van der Waals surface area contributed by atoms with E-state index in [1.54, 1.807) is 11.4 Å². The Kier molecular flexibility index (Phi) is 1.92. The van der Waals surface area contributed by atoms with Gasteiger partial charge in [0.05, 0.1) is 4.88 Å². The van der Waals surface area contributed by atoms with Crippen LogP contribution in [0.1, 0.15) is 9.67 Å². The lowest BCUT2D eigenvalue weighted by molar-refractivity contribution is 0.0763. The molecule has 1 aromatic rings. The van der Waals surface area contributed by atoms with Crippen LogP contribution in [0.15, 0.2) is 17.5 Å². The lowest BCUT2D eigenvalue weighted by atomic mass is 10.2. The number of alkyl halides is 3. The first kappa shape index (κ1) is 9.09. The average Bonchev–Trinajstić information content (AvgIpc) is 2.57. The number of Topliss-reactive ketones (excluding diaryl/α,β-unsaturated/α-hetero) is 1. The number of hydrogen-bond acceptors (Lipinski definition) is 2. The molecule has 0 bridgehead atoms. The predicted octanol–water partition coefficient (Wildman–Crippen LogP) is 2.80. The van der Waals surface area contributed by atoms with Gasteiger partial charge in [-0.25, -0.2) is 8.78 Å². The summed E-state index contributed by atoms with van der Waals surface area (Å²) in [6, 6.07) is 3.19. The molecule has 1 unspecified atom stereocenters. The van der Waals surface area contributed by atoms with Gasteiger partial charge in [-0.2, -0.15) is 0 Å². The fourth-order valence-corrected chi connectivity index (χ4v) is 2.22. The molecular weight excluding hydrogens is 218 g/mol. The van der Waals surface area contributed by atoms with Gasteiger partial charge < -0.3 is 0 Å². The maximum Gasteiger partial charge on any atom is 0.276 e. The molecule has 13 heavy (non-hydrogen) atoms. The highest BCUT2D eigenvalue weighted by Gasteiger charge is 2.71. The van der Waals surface area contributed by atoms with Gasteiger partial charge in [0.2, 0.25) is 0 Å². The summed E-state index contributed by atoms with van der Waals surface area (Å²) in [5.74, 6) is -4.87. The zero-order chi connectivity index (χ0) is 9.64. The van der Waals surface area contributed by atoms with Crippen LogP contribution in [0.2, 0.25) is 0 Å². The standard InChI is InChI=1S/C8H5ClF2OS/c9-7-5(8(7,10)11)6(12)4-2-1-3-13-4/h1-3,5,7H/t5?,7-/m1/s1. The molecule has 0 aliphatic heterocycles. The van der Waals surface area contributed by atoms with Crippen molar-refractivity contribution in [2.45, 2.75) is 11.3 Å². The number of carbonyl (C=O) groups is 1. The van der Waals surface area contributed by atoms with E-state index in [2.05, 4.69) is 0 Å². The van der Waals surface area contributed by atoms with Gasteiger partial charge in [0.1, 0.15) is 11.3 Å². The maximum absolute atomic E-state index is 12.7. The highest BCUT2D eigenvalue weighted by atomic mass is 35.5. The van der Waals surface area contributed by atoms with Crippen LogP contribution in [0.3, 0.4) is 0 Å². The molecule has 2 atom stereocenters. The second-order valence-corrected chi connectivity index (χ2v) is 4.31. The van der Waals surface area contributed by atoms with Gasteiger partial charge in [-0.05, 0) is 11.4 Å². The molecule has 1 aromatic heterocycles. The Morgan fingerprint density at radius 2 is 2.23 bits per heavy atom. The molecule has 0 amide bonds. The summed E-state index contributed by atoms with van der Waals surface area (Å²) in [5, 5.41) is 0.360. The zero-order valence-electron chi connectivity index (χ0n) is 6.34. The van der Waals surface area contributed by atoms with Gasteiger partial charge in [-0.1, -0.05) is 6.07 Å². The molecule has 0 spiro atoms. The van der Waals surface area contributed by atoms with Crippen LogP contribution >= 0.6 is 22.9 Å². The molecule has 5 heteroatoms. The third kappa shape index (κ3) is 1.28. The number of carbonyl (C=O) groups excluding carboxylic acids is 1. The molecule has 1 nitrogen and oxygen atoms in total. The van der Waals surface area contributed by atoms with E-state index in [9.17, 15) is 13.6 Å². The van der Waals surface area contributed by atoms with E-state index in [1.807, 2.05) is 0 Å². The van der Waals surface area contributed by atoms with Crippen LogP contribution in [0.25, 0.3) is 0 Å². The molecule has 70 valence electrons. The predicted molar refractivity (Wildman–Crippen MR) is 46.7 cm³/mol. The summed E-state index contributed by atoms with van der Waals surface area (Å²) in [4.78, 5) is 11.7. The Morgan fingerprint density at radius 3 is 2.62 bits per heavy atom. The van der Waals surface area contributed by atoms with Crippen molar-refractivity contribution in [3.8, 4) is 0 Å². The van der Waals surface area contributed by atoms with Gasteiger partial charge in [0.15, 0.2) is 5.78 Å². The van der Waals surface area contributed by atoms with Crippen LogP contribution in [0.5, 0.6) is 0 Å². The summed E-state index contributed by atoms with van der Waals surface area (Å²) in [6.07, 6.45) is 0. The minimum absolute atomic E-state index is 0.354. The normalized spacial score (nSPS) is 30.1. The first-order valence-corrected chi connectivity index (χ1v) is 4.96. The van der Waals surface area contributed by atoms with Crippen LogP contribution < -0.4 is 0 Å². The van der Waals surface area contributed by atoms with E-state index < -0.39 is 23.0 Å². The van der Waals surface area contributed by atoms with E-state index >= 15 is 0 Å². The van der Waals surface area contributed by atoms with E-state index in [0.29, 0.717) is 4.88 Å². The molecule has 2 rings (SSSR count). The Balaban J connectivity index is 2.18. The summed E-state index contributed by atoms with van der Waals surface area (Å²) in [5.41, 5.74) is 0. The smallest absolute Gasteiger partial charge is 0.276 e. The molecular formula is C8H5ClF2OS. The van der Waals surface area contributed by atoms with E-state index in [0.717, 1.165) is 11.3 Å². The molecule has 1 aliphatic rings. The third-order valence-electron chi connectivity index (χ3n) is 2.01. The van der Waals surface area contributed by atoms with Crippen LogP contribution in [-0.2, 0) is 0 Å². The molecule has 1 heterocycles. The quantitative estimate of drug-likeness (QED) is 0.556. The summed E-state index contributed by atoms with van der Waals surface area (Å²) >= 11 is 6.45. The molecule has 0 N–H and O–H groups in total. The topological polar surface area (TPSA) is 17.1 Å². The number of thiophene rings is 1. The van der Waals surface area contributed by atoms with Crippen molar-refractivity contribution in [3.63, 3.8) is 0 Å². The third-order valence-corrected chi connectivity index (χ3v) is 3.44. The van der Waals surface area contributed by atoms with Crippen molar-refractivity contribution in [1.29, 1.82) is 0 Å². The molecule has 1 saturated carbocycles. The molecule has 0 aromatic carbocycles. The number of rotatable bonds is 2. The SMILES string of the molecule is O=C(c1cccs1)C1[C@@H](Cl)C1(F)F. The van der Waals surface area contributed by atoms with Crippen molar-refractivity contribution >= 4 is 28.7 Å². The van der Waals surface area contributed by atoms with Gasteiger partial charge in [0.25, 0.3) is 5.92 Å². The number of halogens is 3. The zero-order valence-corrected chi connectivity index (χ0v) is 7.91. The van der Waals surface area contributed by atoms with Crippen molar-refractivity contribution < 1.29 is 13.6 Å². The maximum atomic E-state index is 12.7. The summed E-state index contributed by atoms with van der Waals surface area (Å²) < 4.78 is 25.4. The molecule has 0 saturated heterocycles. The number of ketones is 1. The van der Waals surface area contributed by atoms with Crippen molar-refractivity contribution in [2.24, 2.45) is 5.92 Å². The lowest BCUT2D eigenvalue weighted by Crippen LogP contribution is -2.05. The monoisotopic (exact) mass is 222 g/mol. The van der Waals surface area contributed by atoms with Crippen molar-refractivity contribution in [3.05, 3.63) is 22.4 Å². The van der Waals surface area contributed by atoms with Gasteiger partial charge >= 0.3 is 0 Å². The highest BCUT2D eigenvalue weighted by Crippen LogP contribution is 2.54. The fraction of sp³-hybridized carbons (Fsp3) is 0.375. The minimum Gasteiger partial charge on any atom is -0.293 e. The molecule has 0 radical (unpaired) electrons. The van der Waals surface area contributed by atoms with Crippen LogP contribution in [0.4, 0.5) is 8.78 Å². The Labute approximate surface area is 82.3 Å². The first-order valence-electron chi connectivity index (χ1n) is 3.64. The van der Waals surface area contributed by atoms with Crippen molar-refractivity contribution in [1.82, 2.24) is 0 Å². The van der Waals surface area contributed by atoms with E-state index in [4.69, 9.17) is 11.6 Å². The second-order valence-electron chi connectivity index (χ2n) is 2.90. The Hall–Kier alpha value is -0.480. The lowest BCUT2D eigenvalue weighted by Gasteiger charge is -1.92. The number of hydrogen-bond donors (Lipinski definition) is 0.